The summed E-state index contributed by atoms with van der Waals surface area (Å²) in [7, 11) is 0. The maximum Gasteiger partial charge on any atom is 0.262 e. The summed E-state index contributed by atoms with van der Waals surface area (Å²) in [6, 6.07) is 8.65. The fraction of sp³-hybridized carbons (Fsp3) is 0.188. The Bertz CT molecular complexity index is 956. The monoisotopic (exact) mass is 342 g/mol. The third kappa shape index (κ3) is 3.00. The first kappa shape index (κ1) is 16.1. The van der Waals surface area contributed by atoms with E-state index in [9.17, 15) is 9.90 Å². The standard InChI is InChI=1S/C16H14N4O3S/c17-7-10-1-3-11(4-2-10)19-14(22)12-8-24-15-13(12)16(23)20(5-6-21)9-18-15/h1-4,8-9,14,19,21-22H,5-6H2. The molecule has 0 aliphatic carbocycles. The number of nitrogens with zero attached hydrogens (tertiary/aromatic N) is 3. The minimum atomic E-state index is -1.09. The number of aliphatic hydroxyl groups excluding tert-OH is 2. The van der Waals surface area contributed by atoms with Crippen LogP contribution in [0.4, 0.5) is 5.69 Å². The highest BCUT2D eigenvalue weighted by molar-refractivity contribution is 7.16. The van der Waals surface area contributed by atoms with E-state index in [0.29, 0.717) is 27.0 Å². The molecule has 0 saturated carbocycles. The van der Waals surface area contributed by atoms with Crippen LogP contribution in [0.2, 0.25) is 0 Å². The molecule has 0 aliphatic rings. The van der Waals surface area contributed by atoms with Crippen molar-refractivity contribution in [3.63, 3.8) is 0 Å². The Balaban J connectivity index is 1.94. The molecule has 3 N–H and O–H groups in total. The Morgan fingerprint density at radius 2 is 2.12 bits per heavy atom. The summed E-state index contributed by atoms with van der Waals surface area (Å²) in [6.07, 6.45) is 0.299. The molecule has 0 saturated heterocycles. The number of nitrogens with one attached hydrogen (secondary N) is 1. The van der Waals surface area contributed by atoms with Gasteiger partial charge in [0.2, 0.25) is 0 Å². The second-order valence-corrected chi connectivity index (χ2v) is 5.93. The zero-order valence-corrected chi connectivity index (χ0v) is 13.3. The smallest absolute Gasteiger partial charge is 0.262 e. The Morgan fingerprint density at radius 3 is 2.79 bits per heavy atom. The van der Waals surface area contributed by atoms with Crippen molar-refractivity contribution >= 4 is 27.2 Å². The van der Waals surface area contributed by atoms with Gasteiger partial charge < -0.3 is 15.5 Å². The third-order valence-electron chi connectivity index (χ3n) is 3.54. The molecule has 0 spiro atoms. The Hall–Kier alpha value is -2.73. The van der Waals surface area contributed by atoms with Crippen LogP contribution in [-0.4, -0.2) is 26.4 Å². The van der Waals surface area contributed by atoms with Crippen LogP contribution in [-0.2, 0) is 6.54 Å². The van der Waals surface area contributed by atoms with Gasteiger partial charge in [-0.2, -0.15) is 5.26 Å². The molecule has 2 aromatic heterocycles. The average Bonchev–Trinajstić information content (AvgIpc) is 3.03. The third-order valence-corrected chi connectivity index (χ3v) is 4.45. The summed E-state index contributed by atoms with van der Waals surface area (Å²) >= 11 is 1.27. The van der Waals surface area contributed by atoms with Crippen LogP contribution < -0.4 is 10.9 Å². The number of hydrogen-bond donors (Lipinski definition) is 3. The van der Waals surface area contributed by atoms with Crippen molar-refractivity contribution in [1.82, 2.24) is 9.55 Å². The van der Waals surface area contributed by atoms with Crippen LogP contribution >= 0.6 is 11.3 Å². The molecule has 24 heavy (non-hydrogen) atoms. The van der Waals surface area contributed by atoms with Gasteiger partial charge in [-0.15, -0.1) is 11.3 Å². The zero-order chi connectivity index (χ0) is 17.1. The van der Waals surface area contributed by atoms with Crippen LogP contribution in [0, 0.1) is 11.3 Å². The molecule has 1 unspecified atom stereocenters. The number of rotatable bonds is 5. The van der Waals surface area contributed by atoms with Gasteiger partial charge in [0, 0.05) is 16.6 Å². The maximum atomic E-state index is 12.5. The summed E-state index contributed by atoms with van der Waals surface area (Å²) in [4.78, 5) is 17.2. The summed E-state index contributed by atoms with van der Waals surface area (Å²) in [5.41, 5.74) is 1.28. The molecular weight excluding hydrogens is 328 g/mol. The molecule has 0 radical (unpaired) electrons. The van der Waals surface area contributed by atoms with Gasteiger partial charge in [0.05, 0.1) is 36.5 Å². The Labute approximate surface area is 141 Å². The molecule has 0 aliphatic heterocycles. The van der Waals surface area contributed by atoms with Crippen LogP contribution in [0.5, 0.6) is 0 Å². The van der Waals surface area contributed by atoms with Gasteiger partial charge in [0.1, 0.15) is 4.83 Å². The lowest BCUT2D eigenvalue weighted by Gasteiger charge is -2.14. The number of aromatic nitrogens is 2. The molecule has 122 valence electrons. The van der Waals surface area contributed by atoms with E-state index in [-0.39, 0.29) is 18.7 Å². The van der Waals surface area contributed by atoms with E-state index >= 15 is 0 Å². The predicted octanol–water partition coefficient (Wildman–Crippen LogP) is 1.42. The average molecular weight is 342 g/mol. The van der Waals surface area contributed by atoms with E-state index in [2.05, 4.69) is 10.3 Å². The number of benzene rings is 1. The van der Waals surface area contributed by atoms with Crippen molar-refractivity contribution in [2.45, 2.75) is 12.8 Å². The lowest BCUT2D eigenvalue weighted by molar-refractivity contribution is 0.210. The molecule has 3 rings (SSSR count). The second kappa shape index (κ2) is 6.80. The van der Waals surface area contributed by atoms with Crippen molar-refractivity contribution in [3.05, 3.63) is 57.5 Å². The van der Waals surface area contributed by atoms with Gasteiger partial charge in [-0.05, 0) is 24.3 Å². The van der Waals surface area contributed by atoms with Gasteiger partial charge in [-0.25, -0.2) is 4.98 Å². The van der Waals surface area contributed by atoms with Crippen LogP contribution in [0.1, 0.15) is 17.4 Å². The minimum Gasteiger partial charge on any atom is -0.395 e. The number of anilines is 1. The first-order valence-corrected chi connectivity index (χ1v) is 8.04. The molecular formula is C16H14N4O3S. The van der Waals surface area contributed by atoms with Gasteiger partial charge in [0.25, 0.3) is 5.56 Å². The normalized spacial score (nSPS) is 12.0. The number of aliphatic hydroxyl groups is 2. The molecule has 3 aromatic rings. The molecule has 1 aromatic carbocycles. The van der Waals surface area contributed by atoms with E-state index < -0.39 is 6.23 Å². The summed E-state index contributed by atoms with van der Waals surface area (Å²) in [5.74, 6) is 0. The molecule has 0 fully saturated rings. The summed E-state index contributed by atoms with van der Waals surface area (Å²) < 4.78 is 1.31. The number of fused-ring (bicyclic) bond motifs is 1. The molecule has 7 nitrogen and oxygen atoms in total. The predicted molar refractivity (Wildman–Crippen MR) is 90.7 cm³/mol. The number of thiophene rings is 1. The molecule has 0 amide bonds. The highest BCUT2D eigenvalue weighted by atomic mass is 32.1. The van der Waals surface area contributed by atoms with Crippen LogP contribution in [0.15, 0.2) is 40.8 Å². The maximum absolute atomic E-state index is 12.5. The minimum absolute atomic E-state index is 0.149. The van der Waals surface area contributed by atoms with Crippen LogP contribution in [0.3, 0.4) is 0 Å². The largest absolute Gasteiger partial charge is 0.395 e. The van der Waals surface area contributed by atoms with Crippen molar-refractivity contribution in [1.29, 1.82) is 5.26 Å². The lowest BCUT2D eigenvalue weighted by atomic mass is 10.2. The fourth-order valence-corrected chi connectivity index (χ4v) is 3.25. The van der Waals surface area contributed by atoms with Gasteiger partial charge >= 0.3 is 0 Å². The van der Waals surface area contributed by atoms with Crippen molar-refractivity contribution < 1.29 is 10.2 Å². The lowest BCUT2D eigenvalue weighted by Crippen LogP contribution is -2.23. The summed E-state index contributed by atoms with van der Waals surface area (Å²) in [5, 5.41) is 33.2. The highest BCUT2D eigenvalue weighted by Crippen LogP contribution is 2.27. The second-order valence-electron chi connectivity index (χ2n) is 5.07. The molecule has 1 atom stereocenters. The first-order valence-electron chi connectivity index (χ1n) is 7.16. The van der Waals surface area contributed by atoms with E-state index in [1.54, 1.807) is 29.6 Å². The Morgan fingerprint density at radius 1 is 1.38 bits per heavy atom. The van der Waals surface area contributed by atoms with Crippen LogP contribution in [0.25, 0.3) is 10.2 Å². The van der Waals surface area contributed by atoms with Crippen molar-refractivity contribution in [3.8, 4) is 6.07 Å². The quantitative estimate of drug-likeness (QED) is 0.605. The molecule has 2 heterocycles. The molecule has 8 heteroatoms. The number of hydrogen-bond acceptors (Lipinski definition) is 7. The van der Waals surface area contributed by atoms with Crippen molar-refractivity contribution in [2.75, 3.05) is 11.9 Å². The van der Waals surface area contributed by atoms with Gasteiger partial charge in [-0.3, -0.25) is 9.36 Å². The number of nitriles is 1. The van der Waals surface area contributed by atoms with E-state index in [1.165, 1.54) is 22.2 Å². The fourth-order valence-electron chi connectivity index (χ4n) is 2.33. The van der Waals surface area contributed by atoms with E-state index in [0.717, 1.165) is 0 Å². The zero-order valence-electron chi connectivity index (χ0n) is 12.5. The van der Waals surface area contributed by atoms with Gasteiger partial charge in [0.15, 0.2) is 6.23 Å². The SMILES string of the molecule is N#Cc1ccc(NC(O)c2csc3ncn(CCO)c(=O)c23)cc1. The van der Waals surface area contributed by atoms with Crippen molar-refractivity contribution in [2.24, 2.45) is 0 Å². The van der Waals surface area contributed by atoms with Gasteiger partial charge in [-0.1, -0.05) is 0 Å². The topological polar surface area (TPSA) is 111 Å². The first-order chi connectivity index (χ1) is 11.6. The van der Waals surface area contributed by atoms with E-state index in [4.69, 9.17) is 10.4 Å². The molecule has 0 bridgehead atoms. The highest BCUT2D eigenvalue weighted by Gasteiger charge is 2.17. The summed E-state index contributed by atoms with van der Waals surface area (Å²) in [6.45, 7) is -0.0190. The Kier molecular flexibility index (Phi) is 4.57. The van der Waals surface area contributed by atoms with E-state index in [1.807, 2.05) is 6.07 Å².